The summed E-state index contributed by atoms with van der Waals surface area (Å²) < 4.78 is 0. The molecule has 0 aliphatic heterocycles. The van der Waals surface area contributed by atoms with Crippen LogP contribution < -0.4 is 0 Å². The summed E-state index contributed by atoms with van der Waals surface area (Å²) in [6, 6.07) is 0. The zero-order valence-corrected chi connectivity index (χ0v) is 8.75. The predicted octanol–water partition coefficient (Wildman–Crippen LogP) is -3.81. The second kappa shape index (κ2) is 7.50. The first-order valence-corrected chi connectivity index (χ1v) is 4.71. The maximum atomic E-state index is 10.6. The van der Waals surface area contributed by atoms with E-state index >= 15 is 0 Å². The van der Waals surface area contributed by atoms with E-state index in [0.717, 1.165) is 0 Å². The van der Waals surface area contributed by atoms with E-state index in [2.05, 4.69) is 4.89 Å². The Bertz CT molecular complexity index is 233. The van der Waals surface area contributed by atoms with Crippen molar-refractivity contribution in [3.63, 3.8) is 0 Å². The Morgan fingerprint density at radius 3 is 1.88 bits per heavy atom. The van der Waals surface area contributed by atoms with Crippen molar-refractivity contribution in [2.75, 3.05) is 6.61 Å². The van der Waals surface area contributed by atoms with Crippen molar-refractivity contribution in [1.29, 1.82) is 0 Å². The highest BCUT2D eigenvalue weighted by molar-refractivity contribution is 5.73. The molecule has 0 spiro atoms. The molecule has 0 aliphatic carbocycles. The molecule has 102 valence electrons. The van der Waals surface area contributed by atoms with Crippen LogP contribution in [-0.4, -0.2) is 79.0 Å². The molecule has 17 heavy (non-hydrogen) atoms. The molecule has 0 heterocycles. The van der Waals surface area contributed by atoms with E-state index in [0.29, 0.717) is 0 Å². The molecule has 0 rings (SSSR count). The van der Waals surface area contributed by atoms with Crippen molar-refractivity contribution in [1.82, 2.24) is 0 Å². The fraction of sp³-hybridized carbons (Fsp3) is 0.875. The number of hydrogen-bond acceptors (Lipinski definition) is 9. The van der Waals surface area contributed by atoms with Crippen molar-refractivity contribution in [3.05, 3.63) is 0 Å². The van der Waals surface area contributed by atoms with E-state index in [1.807, 2.05) is 0 Å². The van der Waals surface area contributed by atoms with Crippen molar-refractivity contribution in [2.45, 2.75) is 36.9 Å². The normalized spacial score (nSPS) is 20.2. The molecule has 0 radical (unpaired) electrons. The Labute approximate surface area is 96.1 Å². The van der Waals surface area contributed by atoms with Gasteiger partial charge in [-0.1, -0.05) is 0 Å². The summed E-state index contributed by atoms with van der Waals surface area (Å²) in [5.74, 6) is -1.44. The first-order chi connectivity index (χ1) is 7.84. The van der Waals surface area contributed by atoms with E-state index in [9.17, 15) is 20.1 Å². The van der Waals surface area contributed by atoms with Crippen molar-refractivity contribution < 1.29 is 45.6 Å². The number of carbonyl (C=O) groups is 1. The van der Waals surface area contributed by atoms with Crippen LogP contribution in [0.5, 0.6) is 0 Å². The lowest BCUT2D eigenvalue weighted by atomic mass is 9.99. The van der Waals surface area contributed by atoms with E-state index < -0.39 is 49.5 Å². The Kier molecular flexibility index (Phi) is 7.15. The molecule has 0 saturated heterocycles. The number of aliphatic hydroxyl groups is 6. The zero-order valence-electron chi connectivity index (χ0n) is 8.75. The van der Waals surface area contributed by atoms with Crippen LogP contribution >= 0.6 is 0 Å². The second-order valence-electron chi connectivity index (χ2n) is 3.46. The molecule has 0 amide bonds. The molecule has 5 unspecified atom stereocenters. The topological polar surface area (TPSA) is 168 Å². The van der Waals surface area contributed by atoms with E-state index in [-0.39, 0.29) is 0 Å². The van der Waals surface area contributed by atoms with Crippen LogP contribution in [0, 0.1) is 0 Å². The third kappa shape index (κ3) is 4.91. The van der Waals surface area contributed by atoms with Gasteiger partial charge >= 0.3 is 5.97 Å². The lowest BCUT2D eigenvalue weighted by Crippen LogP contribution is -2.47. The quantitative estimate of drug-likeness (QED) is 0.178. The molecular weight excluding hydrogens is 240 g/mol. The van der Waals surface area contributed by atoms with Crippen LogP contribution in [0.1, 0.15) is 6.42 Å². The summed E-state index contributed by atoms with van der Waals surface area (Å²) in [6.45, 7) is -0.841. The Morgan fingerprint density at radius 1 is 1.00 bits per heavy atom. The Morgan fingerprint density at radius 2 is 1.47 bits per heavy atom. The van der Waals surface area contributed by atoms with E-state index in [4.69, 9.17) is 20.6 Å². The first-order valence-electron chi connectivity index (χ1n) is 4.71. The van der Waals surface area contributed by atoms with Crippen LogP contribution in [0.2, 0.25) is 0 Å². The van der Waals surface area contributed by atoms with Gasteiger partial charge in [-0.15, -0.1) is 0 Å². The monoisotopic (exact) mass is 256 g/mol. The minimum atomic E-state index is -1.90. The van der Waals surface area contributed by atoms with Crippen molar-refractivity contribution >= 4 is 5.97 Å². The number of rotatable bonds is 7. The Balaban J connectivity index is 4.30. The molecule has 0 fully saturated rings. The van der Waals surface area contributed by atoms with Crippen molar-refractivity contribution in [2.24, 2.45) is 0 Å². The average molecular weight is 256 g/mol. The van der Waals surface area contributed by atoms with Gasteiger partial charge in [-0.3, -0.25) is 4.89 Å². The highest BCUT2D eigenvalue weighted by Gasteiger charge is 2.33. The summed E-state index contributed by atoms with van der Waals surface area (Å²) in [6.07, 6.45) is -9.81. The lowest BCUT2D eigenvalue weighted by Gasteiger charge is -2.26. The summed E-state index contributed by atoms with van der Waals surface area (Å²) >= 11 is 0. The van der Waals surface area contributed by atoms with Gasteiger partial charge in [0.25, 0.3) is 0 Å². The number of carbonyl (C=O) groups excluding carboxylic acids is 1. The predicted molar refractivity (Wildman–Crippen MR) is 50.5 cm³/mol. The van der Waals surface area contributed by atoms with Gasteiger partial charge in [0.2, 0.25) is 0 Å². The van der Waals surface area contributed by atoms with Gasteiger partial charge in [0.05, 0.1) is 12.7 Å². The summed E-state index contributed by atoms with van der Waals surface area (Å²) in [4.78, 5) is 13.8. The molecule has 9 nitrogen and oxygen atoms in total. The van der Waals surface area contributed by atoms with Crippen molar-refractivity contribution in [3.8, 4) is 0 Å². The van der Waals surface area contributed by atoms with Gasteiger partial charge in [0, 0.05) is 6.42 Å². The van der Waals surface area contributed by atoms with Gasteiger partial charge in [-0.05, 0) is 0 Å². The third-order valence-electron chi connectivity index (χ3n) is 2.15. The minimum absolute atomic E-state index is 0.726. The van der Waals surface area contributed by atoms with Crippen LogP contribution in [0.25, 0.3) is 0 Å². The fourth-order valence-electron chi connectivity index (χ4n) is 1.09. The van der Waals surface area contributed by atoms with Gasteiger partial charge in [-0.25, -0.2) is 4.79 Å². The molecule has 5 atom stereocenters. The van der Waals surface area contributed by atoms with Crippen LogP contribution in [0.15, 0.2) is 0 Å². The maximum Gasteiger partial charge on any atom is 0.370 e. The molecule has 0 aliphatic rings. The summed E-state index contributed by atoms with van der Waals surface area (Å²) in [5, 5.41) is 62.2. The fourth-order valence-corrected chi connectivity index (χ4v) is 1.09. The smallest absolute Gasteiger partial charge is 0.370 e. The van der Waals surface area contributed by atoms with Crippen LogP contribution in [0.4, 0.5) is 0 Å². The third-order valence-corrected chi connectivity index (χ3v) is 2.15. The summed E-state index contributed by atoms with van der Waals surface area (Å²) in [5.41, 5.74) is 0. The first kappa shape index (κ1) is 16.2. The van der Waals surface area contributed by atoms with Crippen LogP contribution in [0.3, 0.4) is 0 Å². The molecule has 9 heteroatoms. The molecule has 0 saturated carbocycles. The SMILES string of the molecule is O=C(OO)C(O)CC(O)C(O)C(O)C(O)CO. The lowest BCUT2D eigenvalue weighted by molar-refractivity contribution is -0.244. The second-order valence-corrected chi connectivity index (χ2v) is 3.46. The van der Waals surface area contributed by atoms with Gasteiger partial charge < -0.3 is 30.6 Å². The largest absolute Gasteiger partial charge is 0.394 e. The number of hydrogen-bond donors (Lipinski definition) is 7. The standard InChI is InChI=1S/C8H16O9/c9-2-5(12)7(14)6(13)3(10)1-4(11)8(15)17-16/h3-7,9-14,16H,1-2H2. The minimum Gasteiger partial charge on any atom is -0.394 e. The molecule has 0 aromatic carbocycles. The molecular formula is C8H16O9. The maximum absolute atomic E-state index is 10.6. The molecule has 0 bridgehead atoms. The van der Waals surface area contributed by atoms with Gasteiger partial charge in [-0.2, -0.15) is 5.26 Å². The molecule has 7 N–H and O–H groups in total. The molecule has 0 aromatic heterocycles. The van der Waals surface area contributed by atoms with Gasteiger partial charge in [0.15, 0.2) is 6.10 Å². The molecule has 0 aromatic rings. The number of aliphatic hydroxyl groups excluding tert-OH is 6. The van der Waals surface area contributed by atoms with E-state index in [1.54, 1.807) is 0 Å². The highest BCUT2D eigenvalue weighted by atomic mass is 17.1. The highest BCUT2D eigenvalue weighted by Crippen LogP contribution is 2.10. The Hall–Kier alpha value is -0.810. The van der Waals surface area contributed by atoms with E-state index in [1.165, 1.54) is 0 Å². The zero-order chi connectivity index (χ0) is 13.6. The van der Waals surface area contributed by atoms with Crippen LogP contribution in [-0.2, 0) is 9.68 Å². The average Bonchev–Trinajstić information content (AvgIpc) is 2.34. The van der Waals surface area contributed by atoms with Gasteiger partial charge in [0.1, 0.15) is 18.3 Å². The summed E-state index contributed by atoms with van der Waals surface area (Å²) in [7, 11) is 0.